The SMILES string of the molecule is CCCCCCCCCCCCOc1cc(COc2ccc(COc3ccc4cc(C=C5C(=O)NC(=O)NC5=O)ccc4c3)cc2N=Nc2ccccc2)cc(OCCCCCCCCCCCC)c1OCCCCCCCCCCCC. The first-order valence-electron chi connectivity index (χ1n) is 32.2. The van der Waals surface area contributed by atoms with Crippen molar-refractivity contribution in [2.45, 2.75) is 227 Å². The summed E-state index contributed by atoms with van der Waals surface area (Å²) in [5, 5.41) is 15.3. The van der Waals surface area contributed by atoms with Gasteiger partial charge in [0.2, 0.25) is 5.75 Å². The van der Waals surface area contributed by atoms with Crippen LogP contribution >= 0.6 is 0 Å². The number of rotatable bonds is 45. The number of nitrogens with zero attached hydrogens (tertiary/aromatic N) is 2. The highest BCUT2D eigenvalue weighted by Crippen LogP contribution is 2.41. The van der Waals surface area contributed by atoms with E-state index in [4.69, 9.17) is 28.8 Å². The summed E-state index contributed by atoms with van der Waals surface area (Å²) < 4.78 is 33.2. The third-order valence-corrected chi connectivity index (χ3v) is 15.3. The second-order valence-electron chi connectivity index (χ2n) is 22.5. The highest BCUT2D eigenvalue weighted by molar-refractivity contribution is 6.31. The van der Waals surface area contributed by atoms with Crippen LogP contribution in [0.4, 0.5) is 16.2 Å². The zero-order valence-electron chi connectivity index (χ0n) is 50.7. The standard InChI is InChI=1S/C71H98N4O8/c1-4-7-10-13-16-19-22-25-28-34-45-79-66-51-58(52-67(80-46-35-29-26-23-20-17-14-11-8-5-2)68(66)81-47-36-30-27-24-21-18-15-12-9-6-3)55-83-65-44-40-57(50-64(65)75-74-61-37-32-31-33-38-61)54-82-62-43-42-59-48-56(39-41-60(59)53-62)49-63-69(76)72-71(78)73-70(63)77/h31-33,37-44,48-53H,4-30,34-36,45-47,54-55H2,1-3H3,(H2,72,73,76,77,78). The third kappa shape index (κ3) is 25.4. The minimum absolute atomic E-state index is 0.139. The van der Waals surface area contributed by atoms with Crippen LogP contribution in [0.25, 0.3) is 16.8 Å². The molecule has 450 valence electrons. The molecule has 83 heavy (non-hydrogen) atoms. The lowest BCUT2D eigenvalue weighted by molar-refractivity contribution is -0.123. The molecule has 6 rings (SSSR count). The molecule has 5 aromatic rings. The number of carbonyl (C=O) groups is 3. The summed E-state index contributed by atoms with van der Waals surface area (Å²) in [7, 11) is 0. The van der Waals surface area contributed by atoms with E-state index in [-0.39, 0.29) is 18.8 Å². The maximum atomic E-state index is 12.3. The first-order valence-corrected chi connectivity index (χ1v) is 32.2. The molecule has 0 aliphatic carbocycles. The molecule has 1 aliphatic heterocycles. The highest BCUT2D eigenvalue weighted by atomic mass is 16.5. The van der Waals surface area contributed by atoms with E-state index in [9.17, 15) is 14.4 Å². The zero-order chi connectivity index (χ0) is 58.4. The molecule has 5 aromatic carbocycles. The van der Waals surface area contributed by atoms with E-state index in [1.165, 1.54) is 160 Å². The molecule has 4 amide bonds. The summed E-state index contributed by atoms with van der Waals surface area (Å²) in [6.07, 6.45) is 39.3. The van der Waals surface area contributed by atoms with Crippen molar-refractivity contribution in [3.05, 3.63) is 119 Å². The second-order valence-corrected chi connectivity index (χ2v) is 22.5. The molecule has 0 radical (unpaired) electrons. The molecule has 1 aliphatic rings. The van der Waals surface area contributed by atoms with E-state index in [0.717, 1.165) is 66.1 Å². The summed E-state index contributed by atoms with van der Waals surface area (Å²) in [5.74, 6) is 1.86. The van der Waals surface area contributed by atoms with Gasteiger partial charge in [-0.3, -0.25) is 20.2 Å². The van der Waals surface area contributed by atoms with Crippen LogP contribution in [0.5, 0.6) is 28.7 Å². The van der Waals surface area contributed by atoms with Crippen molar-refractivity contribution in [1.82, 2.24) is 10.6 Å². The number of hydrogen-bond acceptors (Lipinski definition) is 10. The molecule has 0 atom stereocenters. The molecule has 0 saturated carbocycles. The third-order valence-electron chi connectivity index (χ3n) is 15.3. The molecule has 0 unspecified atom stereocenters. The number of amides is 4. The lowest BCUT2D eigenvalue weighted by Gasteiger charge is -2.19. The largest absolute Gasteiger partial charge is 0.490 e. The Labute approximate surface area is 497 Å². The molecule has 1 heterocycles. The minimum Gasteiger partial charge on any atom is -0.490 e. The number of ether oxygens (including phenoxy) is 5. The Kier molecular flexibility index (Phi) is 31.3. The number of imide groups is 2. The number of hydrogen-bond donors (Lipinski definition) is 2. The van der Waals surface area contributed by atoms with Crippen molar-refractivity contribution in [2.24, 2.45) is 10.2 Å². The quantitative estimate of drug-likeness (QED) is 0.0170. The van der Waals surface area contributed by atoms with Crippen molar-refractivity contribution in [3.63, 3.8) is 0 Å². The Bertz CT molecular complexity index is 2670. The van der Waals surface area contributed by atoms with Gasteiger partial charge in [0.05, 0.1) is 25.5 Å². The van der Waals surface area contributed by atoms with Gasteiger partial charge in [0.25, 0.3) is 11.8 Å². The first kappa shape index (κ1) is 65.5. The molecule has 0 bridgehead atoms. The van der Waals surface area contributed by atoms with Gasteiger partial charge in [0.15, 0.2) is 11.5 Å². The monoisotopic (exact) mass is 1130 g/mol. The van der Waals surface area contributed by atoms with Gasteiger partial charge in [-0.15, -0.1) is 5.11 Å². The fraction of sp³-hybridized carbons (Fsp3) is 0.535. The van der Waals surface area contributed by atoms with Crippen LogP contribution in [0, 0.1) is 0 Å². The number of azo groups is 1. The number of urea groups is 1. The molecule has 0 spiro atoms. The number of benzene rings is 5. The van der Waals surface area contributed by atoms with E-state index in [2.05, 4.69) is 48.7 Å². The maximum Gasteiger partial charge on any atom is 0.328 e. The number of carbonyl (C=O) groups excluding carboxylic acids is 3. The molecular weight excluding hydrogens is 1040 g/mol. The summed E-state index contributed by atoms with van der Waals surface area (Å²) in [6, 6.07) is 30.1. The van der Waals surface area contributed by atoms with E-state index in [1.54, 1.807) is 6.07 Å². The predicted octanol–water partition coefficient (Wildman–Crippen LogP) is 20.1. The Balaban J connectivity index is 1.16. The van der Waals surface area contributed by atoms with Crippen molar-refractivity contribution in [1.29, 1.82) is 0 Å². The molecule has 1 fully saturated rings. The van der Waals surface area contributed by atoms with Crippen molar-refractivity contribution in [2.75, 3.05) is 19.8 Å². The number of barbiturate groups is 1. The highest BCUT2D eigenvalue weighted by Gasteiger charge is 2.27. The zero-order valence-corrected chi connectivity index (χ0v) is 50.7. The fourth-order valence-electron chi connectivity index (χ4n) is 10.4. The first-order chi connectivity index (χ1) is 40.8. The lowest BCUT2D eigenvalue weighted by Crippen LogP contribution is -2.51. The van der Waals surface area contributed by atoms with Gasteiger partial charge in [0, 0.05) is 0 Å². The van der Waals surface area contributed by atoms with Gasteiger partial charge in [-0.2, -0.15) is 5.11 Å². The van der Waals surface area contributed by atoms with Gasteiger partial charge in [-0.1, -0.05) is 237 Å². The van der Waals surface area contributed by atoms with E-state index >= 15 is 0 Å². The Hall–Kier alpha value is -6.69. The van der Waals surface area contributed by atoms with Crippen molar-refractivity contribution in [3.8, 4) is 28.7 Å². The minimum atomic E-state index is -0.833. The summed E-state index contributed by atoms with van der Waals surface area (Å²) in [6.45, 7) is 9.14. The average Bonchev–Trinajstić information content (AvgIpc) is 3.61. The van der Waals surface area contributed by atoms with Crippen LogP contribution in [0.1, 0.15) is 230 Å². The lowest BCUT2D eigenvalue weighted by atomic mass is 10.0. The summed E-state index contributed by atoms with van der Waals surface area (Å²) >= 11 is 0. The second kappa shape index (κ2) is 39.7. The fourth-order valence-corrected chi connectivity index (χ4v) is 10.4. The summed E-state index contributed by atoms with van der Waals surface area (Å²) in [4.78, 5) is 36.2. The molecular formula is C71H98N4O8. The smallest absolute Gasteiger partial charge is 0.328 e. The molecule has 1 saturated heterocycles. The van der Waals surface area contributed by atoms with Gasteiger partial charge in [0.1, 0.15) is 36.0 Å². The number of nitrogens with one attached hydrogen (secondary N) is 2. The summed E-state index contributed by atoms with van der Waals surface area (Å²) in [5.41, 5.74) is 3.57. The maximum absolute atomic E-state index is 12.3. The van der Waals surface area contributed by atoms with Crippen molar-refractivity contribution < 1.29 is 38.1 Å². The van der Waals surface area contributed by atoms with Crippen LogP contribution in [0.3, 0.4) is 0 Å². The van der Waals surface area contributed by atoms with Gasteiger partial charge >= 0.3 is 6.03 Å². The van der Waals surface area contributed by atoms with Gasteiger partial charge in [-0.05, 0) is 107 Å². The Morgan fingerprint density at radius 2 is 0.867 bits per heavy atom. The van der Waals surface area contributed by atoms with Crippen LogP contribution in [0.2, 0.25) is 0 Å². The topological polar surface area (TPSA) is 146 Å². The predicted molar refractivity (Wildman–Crippen MR) is 338 cm³/mol. The van der Waals surface area contributed by atoms with Crippen LogP contribution in [-0.2, 0) is 22.8 Å². The van der Waals surface area contributed by atoms with Gasteiger partial charge < -0.3 is 23.7 Å². The molecule has 12 heteroatoms. The molecule has 0 aromatic heterocycles. The van der Waals surface area contributed by atoms with E-state index in [0.29, 0.717) is 59.8 Å². The number of unbranched alkanes of at least 4 members (excludes halogenated alkanes) is 27. The van der Waals surface area contributed by atoms with Crippen LogP contribution in [0.15, 0.2) is 113 Å². The van der Waals surface area contributed by atoms with E-state index in [1.807, 2.05) is 78.9 Å². The van der Waals surface area contributed by atoms with Crippen LogP contribution < -0.4 is 34.3 Å². The van der Waals surface area contributed by atoms with E-state index < -0.39 is 17.8 Å². The Morgan fingerprint density at radius 3 is 1.40 bits per heavy atom. The van der Waals surface area contributed by atoms with Crippen LogP contribution in [-0.4, -0.2) is 37.7 Å². The molecule has 2 N–H and O–H groups in total. The normalized spacial score (nSPS) is 12.5. The van der Waals surface area contributed by atoms with Crippen molar-refractivity contribution >= 4 is 46.1 Å². The Morgan fingerprint density at radius 1 is 0.398 bits per heavy atom. The number of fused-ring (bicyclic) bond motifs is 1. The average molecular weight is 1140 g/mol. The van der Waals surface area contributed by atoms with Gasteiger partial charge in [-0.25, -0.2) is 4.79 Å². The molecule has 12 nitrogen and oxygen atoms in total.